The quantitative estimate of drug-likeness (QED) is 0.441. The van der Waals surface area contributed by atoms with E-state index in [2.05, 4.69) is 25.2 Å². The van der Waals surface area contributed by atoms with Gasteiger partial charge >= 0.3 is 0 Å². The number of benzene rings is 2. The van der Waals surface area contributed by atoms with Crippen LogP contribution in [0.5, 0.6) is 0 Å². The van der Waals surface area contributed by atoms with Gasteiger partial charge in [0.05, 0.1) is 17.0 Å². The Morgan fingerprint density at radius 2 is 1.89 bits per heavy atom. The third-order valence-electron chi connectivity index (χ3n) is 6.68. The normalized spacial score (nSPS) is 19.8. The fraction of sp³-hybridized carbons (Fsp3) is 0.464. The van der Waals surface area contributed by atoms with Crippen molar-refractivity contribution in [3.05, 3.63) is 59.2 Å². The number of hydrogen-bond donors (Lipinski definition) is 1. The van der Waals surface area contributed by atoms with Gasteiger partial charge in [-0.1, -0.05) is 60.9 Å². The lowest BCUT2D eigenvalue weighted by Gasteiger charge is -2.23. The molecule has 4 rings (SSSR count). The summed E-state index contributed by atoms with van der Waals surface area (Å²) in [5, 5.41) is 3.84. The zero-order valence-corrected chi connectivity index (χ0v) is 22.5. The van der Waals surface area contributed by atoms with Crippen molar-refractivity contribution in [2.75, 3.05) is 18.1 Å². The topological polar surface area (TPSA) is 61.8 Å². The van der Waals surface area contributed by atoms with E-state index in [9.17, 15) is 9.59 Å². The summed E-state index contributed by atoms with van der Waals surface area (Å²) >= 11 is 3.05. The molecule has 2 amide bonds. The van der Waals surface area contributed by atoms with Crippen LogP contribution in [0.3, 0.4) is 0 Å². The number of nitrogens with zero attached hydrogens (tertiary/aromatic N) is 2. The minimum Gasteiger partial charge on any atom is -0.355 e. The molecule has 0 aromatic heterocycles. The zero-order chi connectivity index (χ0) is 24.8. The fourth-order valence-corrected chi connectivity index (χ4v) is 6.66. The number of carbonyl (C=O) groups excluding carboxylic acids is 2. The number of amides is 2. The van der Waals surface area contributed by atoms with E-state index in [1.165, 1.54) is 49.4 Å². The standard InChI is InChI=1S/C28H35N3O2S2/c1-19-13-14-24(20(2)15-19)30-28-31(21(3)17-35-28)27(33)23-11-7-8-12-25(23)34-18-26(32)29-16-22-9-5-4-6-10-22/h7-8,11-15,21-22H,4-6,9-10,16-18H2,1-3H3,(H,29,32)/t21-/m0/s1. The Bertz CT molecular complexity index is 1100. The SMILES string of the molecule is Cc1ccc(N=C2SC[C@H](C)N2C(=O)c2ccccc2SCC(=O)NCC2CCCCC2)c(C)c1. The van der Waals surface area contributed by atoms with Crippen LogP contribution < -0.4 is 5.32 Å². The number of nitrogens with one attached hydrogen (secondary N) is 1. The van der Waals surface area contributed by atoms with Crippen LogP contribution in [0.25, 0.3) is 0 Å². The van der Waals surface area contributed by atoms with E-state index in [1.54, 1.807) is 11.8 Å². The highest BCUT2D eigenvalue weighted by molar-refractivity contribution is 8.14. The van der Waals surface area contributed by atoms with E-state index in [0.29, 0.717) is 17.2 Å². The fourth-order valence-electron chi connectivity index (χ4n) is 4.68. The first kappa shape index (κ1) is 25.8. The molecule has 0 bridgehead atoms. The van der Waals surface area contributed by atoms with Crippen molar-refractivity contribution in [1.29, 1.82) is 0 Å². The Morgan fingerprint density at radius 1 is 1.11 bits per heavy atom. The molecule has 2 aromatic rings. The molecule has 2 aromatic carbocycles. The summed E-state index contributed by atoms with van der Waals surface area (Å²) in [6, 6.07) is 13.8. The third kappa shape index (κ3) is 6.70. The van der Waals surface area contributed by atoms with Crippen molar-refractivity contribution in [2.45, 2.75) is 63.8 Å². The van der Waals surface area contributed by atoms with Crippen molar-refractivity contribution in [3.8, 4) is 0 Å². The lowest BCUT2D eigenvalue weighted by atomic mass is 9.89. The Kier molecular flexibility index (Phi) is 8.95. The van der Waals surface area contributed by atoms with Crippen LogP contribution in [0.2, 0.25) is 0 Å². The summed E-state index contributed by atoms with van der Waals surface area (Å²) in [6.07, 6.45) is 6.28. The molecule has 1 N–H and O–H groups in total. The van der Waals surface area contributed by atoms with Gasteiger partial charge in [0.1, 0.15) is 0 Å². The second-order valence-corrected chi connectivity index (χ2v) is 11.6. The maximum atomic E-state index is 13.7. The number of hydrogen-bond acceptors (Lipinski definition) is 5. The molecule has 1 aliphatic heterocycles. The second kappa shape index (κ2) is 12.1. The van der Waals surface area contributed by atoms with Crippen LogP contribution in [-0.2, 0) is 4.79 Å². The largest absolute Gasteiger partial charge is 0.355 e. The summed E-state index contributed by atoms with van der Waals surface area (Å²) in [4.78, 5) is 33.7. The van der Waals surface area contributed by atoms with Crippen LogP contribution in [0, 0.1) is 19.8 Å². The van der Waals surface area contributed by atoms with Crippen LogP contribution >= 0.6 is 23.5 Å². The van der Waals surface area contributed by atoms with E-state index >= 15 is 0 Å². The summed E-state index contributed by atoms with van der Waals surface area (Å²) in [5.41, 5.74) is 3.81. The molecule has 2 fully saturated rings. The Balaban J connectivity index is 1.45. The van der Waals surface area contributed by atoms with Crippen LogP contribution in [0.1, 0.15) is 60.5 Å². The van der Waals surface area contributed by atoms with E-state index in [1.807, 2.05) is 48.2 Å². The summed E-state index contributed by atoms with van der Waals surface area (Å²) < 4.78 is 0. The van der Waals surface area contributed by atoms with Gasteiger partial charge in [-0.2, -0.15) is 0 Å². The first-order valence-corrected chi connectivity index (χ1v) is 14.5. The molecule has 1 atom stereocenters. The summed E-state index contributed by atoms with van der Waals surface area (Å²) in [7, 11) is 0. The molecule has 1 heterocycles. The van der Waals surface area contributed by atoms with Crippen molar-refractivity contribution in [2.24, 2.45) is 10.9 Å². The van der Waals surface area contributed by atoms with Gasteiger partial charge in [-0.25, -0.2) is 4.99 Å². The predicted octanol–water partition coefficient (Wildman–Crippen LogP) is 6.36. The number of rotatable bonds is 7. The van der Waals surface area contributed by atoms with Gasteiger partial charge in [0, 0.05) is 23.2 Å². The number of aryl methyl sites for hydroxylation is 2. The smallest absolute Gasteiger partial charge is 0.261 e. The Hall–Kier alpha value is -2.25. The van der Waals surface area contributed by atoms with Crippen molar-refractivity contribution < 1.29 is 9.59 Å². The molecule has 1 saturated heterocycles. The van der Waals surface area contributed by atoms with Crippen LogP contribution in [0.4, 0.5) is 5.69 Å². The first-order valence-electron chi connectivity index (χ1n) is 12.5. The Labute approximate surface area is 217 Å². The molecule has 35 heavy (non-hydrogen) atoms. The second-order valence-electron chi connectivity index (χ2n) is 9.61. The van der Waals surface area contributed by atoms with Crippen molar-refractivity contribution >= 4 is 46.2 Å². The van der Waals surface area contributed by atoms with Gasteiger partial charge in [-0.15, -0.1) is 11.8 Å². The molecule has 0 unspecified atom stereocenters. The molecule has 1 saturated carbocycles. The molecular weight excluding hydrogens is 474 g/mol. The number of amidine groups is 1. The highest BCUT2D eigenvalue weighted by Gasteiger charge is 2.34. The van der Waals surface area contributed by atoms with Gasteiger partial charge in [-0.3, -0.25) is 14.5 Å². The molecule has 0 radical (unpaired) electrons. The van der Waals surface area contributed by atoms with Gasteiger partial charge in [0.25, 0.3) is 5.91 Å². The molecular formula is C28H35N3O2S2. The average molecular weight is 510 g/mol. The monoisotopic (exact) mass is 509 g/mol. The van der Waals surface area contributed by atoms with Gasteiger partial charge in [0.2, 0.25) is 5.91 Å². The maximum absolute atomic E-state index is 13.7. The highest BCUT2D eigenvalue weighted by atomic mass is 32.2. The minimum absolute atomic E-state index is 0.0324. The van der Waals surface area contributed by atoms with E-state index in [4.69, 9.17) is 4.99 Å². The van der Waals surface area contributed by atoms with Gasteiger partial charge < -0.3 is 5.32 Å². The predicted molar refractivity (Wildman–Crippen MR) is 148 cm³/mol. The van der Waals surface area contributed by atoms with Crippen molar-refractivity contribution in [1.82, 2.24) is 10.2 Å². The van der Waals surface area contributed by atoms with Crippen molar-refractivity contribution in [3.63, 3.8) is 0 Å². The van der Waals surface area contributed by atoms with Gasteiger partial charge in [-0.05, 0) is 63.3 Å². The molecule has 186 valence electrons. The van der Waals surface area contributed by atoms with E-state index < -0.39 is 0 Å². The number of aliphatic imine (C=N–C) groups is 1. The first-order chi connectivity index (χ1) is 16.9. The minimum atomic E-state index is -0.0586. The van der Waals surface area contributed by atoms with E-state index in [0.717, 1.165) is 33.6 Å². The molecule has 5 nitrogen and oxygen atoms in total. The summed E-state index contributed by atoms with van der Waals surface area (Å²) in [6.45, 7) is 6.94. The zero-order valence-electron chi connectivity index (χ0n) is 20.9. The summed E-state index contributed by atoms with van der Waals surface area (Å²) in [5.74, 6) is 1.71. The number of thioether (sulfide) groups is 2. The van der Waals surface area contributed by atoms with Crippen LogP contribution in [-0.4, -0.2) is 46.0 Å². The van der Waals surface area contributed by atoms with Crippen LogP contribution in [0.15, 0.2) is 52.4 Å². The molecule has 7 heteroatoms. The molecule has 1 aliphatic carbocycles. The number of carbonyl (C=O) groups is 2. The lowest BCUT2D eigenvalue weighted by Crippen LogP contribution is -2.38. The Morgan fingerprint density at radius 3 is 2.66 bits per heavy atom. The van der Waals surface area contributed by atoms with E-state index in [-0.39, 0.29) is 17.9 Å². The van der Waals surface area contributed by atoms with Gasteiger partial charge in [0.15, 0.2) is 5.17 Å². The highest BCUT2D eigenvalue weighted by Crippen LogP contribution is 2.32. The average Bonchev–Trinajstić information content (AvgIpc) is 3.23. The lowest BCUT2D eigenvalue weighted by molar-refractivity contribution is -0.118. The third-order valence-corrected chi connectivity index (χ3v) is 8.95. The molecule has 0 spiro atoms. The molecule has 2 aliphatic rings. The maximum Gasteiger partial charge on any atom is 0.261 e.